The van der Waals surface area contributed by atoms with Crippen LogP contribution in [-0.4, -0.2) is 63.3 Å². The van der Waals surface area contributed by atoms with E-state index in [1.165, 1.54) is 0 Å². The Balaban J connectivity index is 3.12. The lowest BCUT2D eigenvalue weighted by atomic mass is 10.6. The number of hydrogen-bond donors (Lipinski definition) is 1. The lowest BCUT2D eigenvalue weighted by molar-refractivity contribution is 0.0278. The number of aliphatic hydroxyl groups is 1. The van der Waals surface area contributed by atoms with Crippen molar-refractivity contribution in [2.75, 3.05) is 53.2 Å². The third kappa shape index (κ3) is 11.2. The minimum atomic E-state index is 0.0557. The molecule has 0 unspecified atom stereocenters. The summed E-state index contributed by atoms with van der Waals surface area (Å²) in [5.74, 6) is 0. The van der Waals surface area contributed by atoms with Gasteiger partial charge in [0, 0.05) is 7.05 Å². The van der Waals surface area contributed by atoms with Crippen molar-refractivity contribution in [3.63, 3.8) is 0 Å². The van der Waals surface area contributed by atoms with E-state index in [-0.39, 0.29) is 6.61 Å². The largest absolute Gasteiger partial charge is 0.394 e. The van der Waals surface area contributed by atoms with E-state index in [0.29, 0.717) is 39.5 Å². The summed E-state index contributed by atoms with van der Waals surface area (Å²) in [6.45, 7) is 5.42. The maximum Gasteiger partial charge on any atom is 0.0701 e. The summed E-state index contributed by atoms with van der Waals surface area (Å²) in [4.78, 5) is 0. The summed E-state index contributed by atoms with van der Waals surface area (Å²) in [6, 6.07) is 0. The van der Waals surface area contributed by atoms with E-state index in [9.17, 15) is 0 Å². The Bertz CT molecular complexity index is 156. The Labute approximate surface area is 90.9 Å². The monoisotopic (exact) mass is 219 g/mol. The molecule has 0 saturated heterocycles. The molecule has 0 aliphatic carbocycles. The van der Waals surface area contributed by atoms with Crippen molar-refractivity contribution in [3.8, 4) is 0 Å². The maximum absolute atomic E-state index is 8.43. The Morgan fingerprint density at radius 2 is 1.80 bits per heavy atom. The van der Waals surface area contributed by atoms with Gasteiger partial charge < -0.3 is 14.6 Å². The van der Waals surface area contributed by atoms with Crippen LogP contribution in [0.3, 0.4) is 0 Å². The second-order valence-electron chi connectivity index (χ2n) is 2.88. The quantitative estimate of drug-likeness (QED) is 0.327. The molecule has 0 aromatic heterocycles. The molecule has 0 bridgehead atoms. The first-order valence-corrected chi connectivity index (χ1v) is 5.16. The van der Waals surface area contributed by atoms with Gasteiger partial charge in [-0.2, -0.15) is 5.11 Å². The third-order valence-electron chi connectivity index (χ3n) is 1.52. The number of rotatable bonds is 10. The molecule has 15 heavy (non-hydrogen) atoms. The smallest absolute Gasteiger partial charge is 0.0701 e. The van der Waals surface area contributed by atoms with Crippen LogP contribution in [0.25, 0.3) is 0 Å². The molecular weight excluding hydrogens is 198 g/mol. The topological polar surface area (TPSA) is 66.7 Å². The number of aliphatic hydroxyl groups excluding tert-OH is 1. The normalized spacial score (nSPS) is 11.1. The molecule has 6 nitrogen and oxygen atoms in total. The van der Waals surface area contributed by atoms with Gasteiger partial charge >= 0.3 is 0 Å². The lowest BCUT2D eigenvalue weighted by Gasteiger charge is -2.11. The average molecular weight is 219 g/mol. The predicted octanol–water partition coefficient (Wildman–Crippen LogP) is 0.331. The van der Waals surface area contributed by atoms with E-state index in [1.807, 2.05) is 14.0 Å². The zero-order valence-corrected chi connectivity index (χ0v) is 9.56. The van der Waals surface area contributed by atoms with Crippen LogP contribution in [0.1, 0.15) is 6.92 Å². The first-order valence-electron chi connectivity index (χ1n) is 5.16. The Morgan fingerprint density at radius 3 is 2.40 bits per heavy atom. The summed E-state index contributed by atoms with van der Waals surface area (Å²) in [6.07, 6.45) is 0. The SMILES string of the molecule is CCN=NN(C)CCOCCOCCO. The number of nitrogens with zero attached hydrogens (tertiary/aromatic N) is 3. The summed E-state index contributed by atoms with van der Waals surface area (Å²) in [5.41, 5.74) is 0. The van der Waals surface area contributed by atoms with Gasteiger partial charge in [0.1, 0.15) is 0 Å². The number of hydrogen-bond acceptors (Lipinski definition) is 5. The first kappa shape index (κ1) is 14.3. The van der Waals surface area contributed by atoms with Gasteiger partial charge in [0.2, 0.25) is 0 Å². The minimum Gasteiger partial charge on any atom is -0.394 e. The van der Waals surface area contributed by atoms with Crippen LogP contribution >= 0.6 is 0 Å². The van der Waals surface area contributed by atoms with Crippen LogP contribution in [0.4, 0.5) is 0 Å². The average Bonchev–Trinajstić information content (AvgIpc) is 2.25. The van der Waals surface area contributed by atoms with Crippen molar-refractivity contribution >= 4 is 0 Å². The molecule has 0 radical (unpaired) electrons. The van der Waals surface area contributed by atoms with Gasteiger partial charge in [0.05, 0.1) is 46.1 Å². The molecule has 0 aliphatic heterocycles. The molecule has 0 aromatic rings. The zero-order chi connectivity index (χ0) is 11.4. The van der Waals surface area contributed by atoms with Crippen molar-refractivity contribution in [2.24, 2.45) is 10.3 Å². The van der Waals surface area contributed by atoms with Gasteiger partial charge in [0.25, 0.3) is 0 Å². The van der Waals surface area contributed by atoms with Gasteiger partial charge in [-0.25, -0.2) is 0 Å². The standard InChI is InChI=1S/C9H21N3O3/c1-3-10-11-12(2)4-6-14-8-9-15-7-5-13/h13H,3-9H2,1-2H3. The highest BCUT2D eigenvalue weighted by Crippen LogP contribution is 1.86. The van der Waals surface area contributed by atoms with Crippen molar-refractivity contribution in [1.82, 2.24) is 5.01 Å². The Morgan fingerprint density at radius 1 is 1.13 bits per heavy atom. The van der Waals surface area contributed by atoms with Gasteiger partial charge in [-0.1, -0.05) is 5.22 Å². The van der Waals surface area contributed by atoms with Crippen LogP contribution in [0.2, 0.25) is 0 Å². The summed E-state index contributed by atoms with van der Waals surface area (Å²) in [7, 11) is 1.85. The van der Waals surface area contributed by atoms with Crippen molar-refractivity contribution in [2.45, 2.75) is 6.92 Å². The molecule has 6 heteroatoms. The third-order valence-corrected chi connectivity index (χ3v) is 1.52. The highest BCUT2D eigenvalue weighted by atomic mass is 16.5. The van der Waals surface area contributed by atoms with Crippen LogP contribution < -0.4 is 0 Å². The second-order valence-corrected chi connectivity index (χ2v) is 2.88. The van der Waals surface area contributed by atoms with Crippen LogP contribution in [0, 0.1) is 0 Å². The minimum absolute atomic E-state index is 0.0557. The summed E-state index contributed by atoms with van der Waals surface area (Å²) >= 11 is 0. The zero-order valence-electron chi connectivity index (χ0n) is 9.56. The summed E-state index contributed by atoms with van der Waals surface area (Å²) in [5, 5.41) is 17.9. The van der Waals surface area contributed by atoms with E-state index in [0.717, 1.165) is 0 Å². The lowest BCUT2D eigenvalue weighted by Crippen LogP contribution is -2.18. The maximum atomic E-state index is 8.43. The van der Waals surface area contributed by atoms with Gasteiger partial charge in [0.15, 0.2) is 0 Å². The summed E-state index contributed by atoms with van der Waals surface area (Å²) < 4.78 is 10.3. The fourth-order valence-corrected chi connectivity index (χ4v) is 0.799. The van der Waals surface area contributed by atoms with Gasteiger partial charge in [-0.3, -0.25) is 5.01 Å². The van der Waals surface area contributed by atoms with E-state index in [2.05, 4.69) is 10.3 Å². The molecule has 0 aliphatic rings. The van der Waals surface area contributed by atoms with Gasteiger partial charge in [-0.15, -0.1) is 0 Å². The molecule has 90 valence electrons. The van der Waals surface area contributed by atoms with Gasteiger partial charge in [-0.05, 0) is 6.92 Å². The Hall–Kier alpha value is -0.720. The van der Waals surface area contributed by atoms with E-state index >= 15 is 0 Å². The number of ether oxygens (including phenoxy) is 2. The molecule has 0 atom stereocenters. The molecule has 0 fully saturated rings. The molecule has 0 aromatic carbocycles. The first-order chi connectivity index (χ1) is 7.31. The van der Waals surface area contributed by atoms with E-state index in [4.69, 9.17) is 14.6 Å². The van der Waals surface area contributed by atoms with Crippen molar-refractivity contribution < 1.29 is 14.6 Å². The van der Waals surface area contributed by atoms with Crippen LogP contribution in [-0.2, 0) is 9.47 Å². The Kier molecular flexibility index (Phi) is 10.8. The molecule has 1 N–H and O–H groups in total. The van der Waals surface area contributed by atoms with Crippen LogP contribution in [0.15, 0.2) is 10.3 Å². The second kappa shape index (κ2) is 11.4. The fourth-order valence-electron chi connectivity index (χ4n) is 0.799. The van der Waals surface area contributed by atoms with Crippen molar-refractivity contribution in [3.05, 3.63) is 0 Å². The highest BCUT2D eigenvalue weighted by molar-refractivity contribution is 4.40. The molecule has 0 amide bonds. The molecular formula is C9H21N3O3. The molecule has 0 rings (SSSR count). The van der Waals surface area contributed by atoms with E-state index in [1.54, 1.807) is 5.01 Å². The fraction of sp³-hybridized carbons (Fsp3) is 1.00. The molecule has 0 spiro atoms. The van der Waals surface area contributed by atoms with Crippen molar-refractivity contribution in [1.29, 1.82) is 0 Å². The highest BCUT2D eigenvalue weighted by Gasteiger charge is 1.93. The van der Waals surface area contributed by atoms with Crippen LogP contribution in [0.5, 0.6) is 0 Å². The van der Waals surface area contributed by atoms with E-state index < -0.39 is 0 Å². The molecule has 0 saturated carbocycles. The number of likely N-dealkylation sites (N-methyl/N-ethyl adjacent to an activating group) is 1. The predicted molar refractivity (Wildman–Crippen MR) is 56.8 cm³/mol. The molecule has 0 heterocycles.